The molecule has 1 amide bonds. The zero-order valence-electron chi connectivity index (χ0n) is 11.1. The molecule has 0 aromatic heterocycles. The maximum atomic E-state index is 12.2. The number of carbonyl (C=O) groups is 2. The second-order valence-electron chi connectivity index (χ2n) is 4.18. The summed E-state index contributed by atoms with van der Waals surface area (Å²) in [4.78, 5) is 23.0. The number of hydrogen-bond acceptors (Lipinski definition) is 3. The number of ether oxygens (including phenoxy) is 1. The summed E-state index contributed by atoms with van der Waals surface area (Å²) >= 11 is 5.88. The van der Waals surface area contributed by atoms with Crippen LogP contribution in [0.2, 0.25) is 5.02 Å². The average Bonchev–Trinajstić information content (AvgIpc) is 2.47. The van der Waals surface area contributed by atoms with Gasteiger partial charge in [0.2, 0.25) is 0 Å². The Bertz CT molecular complexity index is 683. The van der Waals surface area contributed by atoms with E-state index in [2.05, 4.69) is 5.32 Å². The molecule has 2 aromatic rings. The minimum atomic E-state index is -1.02. The van der Waals surface area contributed by atoms with Gasteiger partial charge in [-0.15, -0.1) is 0 Å². The standard InChI is InChI=1S/C15H12ClNO4/c1-21-13-7-4-10(16)8-12(13)14(18)17-11-5-2-9(3-6-11)15(19)20/h2-8H,1H3,(H,17,18)(H,19,20). The van der Waals surface area contributed by atoms with Gasteiger partial charge in [-0.3, -0.25) is 4.79 Å². The van der Waals surface area contributed by atoms with E-state index >= 15 is 0 Å². The maximum absolute atomic E-state index is 12.2. The fourth-order valence-electron chi connectivity index (χ4n) is 1.75. The van der Waals surface area contributed by atoms with Crippen LogP contribution in [0.5, 0.6) is 5.75 Å². The van der Waals surface area contributed by atoms with Gasteiger partial charge < -0.3 is 15.2 Å². The Morgan fingerprint density at radius 1 is 1.14 bits per heavy atom. The lowest BCUT2D eigenvalue weighted by molar-refractivity contribution is 0.0696. The number of aromatic carboxylic acids is 1. The van der Waals surface area contributed by atoms with Crippen LogP contribution < -0.4 is 10.1 Å². The van der Waals surface area contributed by atoms with Crippen molar-refractivity contribution < 1.29 is 19.4 Å². The molecule has 0 heterocycles. The van der Waals surface area contributed by atoms with Crippen molar-refractivity contribution in [1.29, 1.82) is 0 Å². The van der Waals surface area contributed by atoms with Crippen molar-refractivity contribution in [3.8, 4) is 5.75 Å². The summed E-state index contributed by atoms with van der Waals surface area (Å²) in [6.45, 7) is 0. The summed E-state index contributed by atoms with van der Waals surface area (Å²) in [7, 11) is 1.46. The van der Waals surface area contributed by atoms with Gasteiger partial charge in [0.05, 0.1) is 18.2 Å². The molecule has 2 N–H and O–H groups in total. The SMILES string of the molecule is COc1ccc(Cl)cc1C(=O)Nc1ccc(C(=O)O)cc1. The zero-order valence-corrected chi connectivity index (χ0v) is 11.8. The number of hydrogen-bond donors (Lipinski definition) is 2. The Kier molecular flexibility index (Phi) is 4.45. The van der Waals surface area contributed by atoms with Crippen molar-refractivity contribution in [3.63, 3.8) is 0 Å². The van der Waals surface area contributed by atoms with Crippen LogP contribution in [0, 0.1) is 0 Å². The van der Waals surface area contributed by atoms with Crippen LogP contribution in [0.1, 0.15) is 20.7 Å². The van der Waals surface area contributed by atoms with Crippen LogP contribution in [0.25, 0.3) is 0 Å². The predicted octanol–water partition coefficient (Wildman–Crippen LogP) is 3.30. The summed E-state index contributed by atoms with van der Waals surface area (Å²) in [5.41, 5.74) is 0.924. The van der Waals surface area contributed by atoms with E-state index in [1.165, 1.54) is 37.4 Å². The predicted molar refractivity (Wildman–Crippen MR) is 79.4 cm³/mol. The van der Waals surface area contributed by atoms with Crippen molar-refractivity contribution in [2.24, 2.45) is 0 Å². The highest BCUT2D eigenvalue weighted by Crippen LogP contribution is 2.23. The van der Waals surface area contributed by atoms with Crippen molar-refractivity contribution in [3.05, 3.63) is 58.6 Å². The van der Waals surface area contributed by atoms with E-state index < -0.39 is 11.9 Å². The van der Waals surface area contributed by atoms with Gasteiger partial charge in [0, 0.05) is 10.7 Å². The minimum Gasteiger partial charge on any atom is -0.496 e. The second kappa shape index (κ2) is 6.28. The smallest absolute Gasteiger partial charge is 0.335 e. The highest BCUT2D eigenvalue weighted by molar-refractivity contribution is 6.31. The van der Waals surface area contributed by atoms with Gasteiger partial charge in [-0.05, 0) is 42.5 Å². The highest BCUT2D eigenvalue weighted by atomic mass is 35.5. The van der Waals surface area contributed by atoms with E-state index in [9.17, 15) is 9.59 Å². The van der Waals surface area contributed by atoms with E-state index in [4.69, 9.17) is 21.4 Å². The van der Waals surface area contributed by atoms with E-state index in [0.717, 1.165) is 0 Å². The third-order valence-electron chi connectivity index (χ3n) is 2.80. The number of benzene rings is 2. The first kappa shape index (κ1) is 14.9. The van der Waals surface area contributed by atoms with E-state index in [1.54, 1.807) is 12.1 Å². The van der Waals surface area contributed by atoms with Crippen molar-refractivity contribution in [2.75, 3.05) is 12.4 Å². The summed E-state index contributed by atoms with van der Waals surface area (Å²) in [6, 6.07) is 10.6. The Morgan fingerprint density at radius 3 is 2.38 bits per heavy atom. The molecular formula is C15H12ClNO4. The highest BCUT2D eigenvalue weighted by Gasteiger charge is 2.13. The van der Waals surface area contributed by atoms with Crippen LogP contribution in [0.3, 0.4) is 0 Å². The molecule has 0 aliphatic heterocycles. The molecule has 0 atom stereocenters. The van der Waals surface area contributed by atoms with Gasteiger partial charge in [0.1, 0.15) is 5.75 Å². The molecule has 5 nitrogen and oxygen atoms in total. The number of anilines is 1. The van der Waals surface area contributed by atoms with Crippen LogP contribution in [-0.2, 0) is 0 Å². The first-order chi connectivity index (χ1) is 10.0. The third-order valence-corrected chi connectivity index (χ3v) is 3.03. The van der Waals surface area contributed by atoms with E-state index in [0.29, 0.717) is 22.0 Å². The molecule has 6 heteroatoms. The zero-order chi connectivity index (χ0) is 15.4. The van der Waals surface area contributed by atoms with Gasteiger partial charge in [-0.2, -0.15) is 0 Å². The monoisotopic (exact) mass is 305 g/mol. The fourth-order valence-corrected chi connectivity index (χ4v) is 1.92. The Hall–Kier alpha value is -2.53. The molecule has 0 aliphatic rings. The van der Waals surface area contributed by atoms with Gasteiger partial charge >= 0.3 is 5.97 Å². The van der Waals surface area contributed by atoms with Crippen LogP contribution in [-0.4, -0.2) is 24.1 Å². The van der Waals surface area contributed by atoms with Crippen LogP contribution in [0.4, 0.5) is 5.69 Å². The second-order valence-corrected chi connectivity index (χ2v) is 4.62. The summed E-state index contributed by atoms with van der Waals surface area (Å²) in [6.07, 6.45) is 0. The number of amides is 1. The molecule has 21 heavy (non-hydrogen) atoms. The molecule has 2 rings (SSSR count). The first-order valence-electron chi connectivity index (χ1n) is 5.99. The molecule has 0 aliphatic carbocycles. The average molecular weight is 306 g/mol. The number of nitrogens with one attached hydrogen (secondary N) is 1. The van der Waals surface area contributed by atoms with Crippen LogP contribution in [0.15, 0.2) is 42.5 Å². The fraction of sp³-hybridized carbons (Fsp3) is 0.0667. The number of rotatable bonds is 4. The molecule has 0 fully saturated rings. The van der Waals surface area contributed by atoms with E-state index in [-0.39, 0.29) is 5.56 Å². The summed E-state index contributed by atoms with van der Waals surface area (Å²) < 4.78 is 5.11. The number of carboxylic acid groups (broad SMARTS) is 1. The van der Waals surface area contributed by atoms with Gasteiger partial charge in [0.15, 0.2) is 0 Å². The van der Waals surface area contributed by atoms with Gasteiger partial charge in [0.25, 0.3) is 5.91 Å². The van der Waals surface area contributed by atoms with Crippen LogP contribution >= 0.6 is 11.6 Å². The number of carboxylic acids is 1. The molecule has 0 unspecified atom stereocenters. The number of methoxy groups -OCH3 is 1. The Morgan fingerprint density at radius 2 is 1.81 bits per heavy atom. The number of carbonyl (C=O) groups excluding carboxylic acids is 1. The quantitative estimate of drug-likeness (QED) is 0.908. The Labute approximate surface area is 126 Å². The molecule has 0 bridgehead atoms. The molecule has 0 spiro atoms. The molecule has 108 valence electrons. The van der Waals surface area contributed by atoms with Crippen molar-refractivity contribution in [1.82, 2.24) is 0 Å². The first-order valence-corrected chi connectivity index (χ1v) is 6.37. The lowest BCUT2D eigenvalue weighted by Crippen LogP contribution is -2.13. The molecule has 0 saturated heterocycles. The van der Waals surface area contributed by atoms with Gasteiger partial charge in [-0.1, -0.05) is 11.6 Å². The molecule has 2 aromatic carbocycles. The number of halogens is 1. The summed E-state index contributed by atoms with van der Waals surface area (Å²) in [5.74, 6) is -1.01. The lowest BCUT2D eigenvalue weighted by Gasteiger charge is -2.10. The van der Waals surface area contributed by atoms with Crippen molar-refractivity contribution in [2.45, 2.75) is 0 Å². The minimum absolute atomic E-state index is 0.147. The normalized spacial score (nSPS) is 10.0. The molecule has 0 saturated carbocycles. The maximum Gasteiger partial charge on any atom is 0.335 e. The van der Waals surface area contributed by atoms with Gasteiger partial charge in [-0.25, -0.2) is 4.79 Å². The molecular weight excluding hydrogens is 294 g/mol. The van der Waals surface area contributed by atoms with Crippen molar-refractivity contribution >= 4 is 29.2 Å². The Balaban J connectivity index is 2.21. The topological polar surface area (TPSA) is 75.6 Å². The molecule has 0 radical (unpaired) electrons. The lowest BCUT2D eigenvalue weighted by atomic mass is 10.1. The summed E-state index contributed by atoms with van der Waals surface area (Å²) in [5, 5.41) is 11.9. The largest absolute Gasteiger partial charge is 0.496 e. The third kappa shape index (κ3) is 3.52. The van der Waals surface area contributed by atoms with E-state index in [1.807, 2.05) is 0 Å².